The van der Waals surface area contributed by atoms with E-state index in [9.17, 15) is 14.7 Å². The lowest BCUT2D eigenvalue weighted by molar-refractivity contribution is -0.144. The van der Waals surface area contributed by atoms with Crippen LogP contribution in [-0.4, -0.2) is 28.3 Å². The van der Waals surface area contributed by atoms with Crippen molar-refractivity contribution >= 4 is 12.1 Å². The molecule has 1 aliphatic carbocycles. The summed E-state index contributed by atoms with van der Waals surface area (Å²) in [7, 11) is 0. The summed E-state index contributed by atoms with van der Waals surface area (Å²) in [4.78, 5) is 23.2. The van der Waals surface area contributed by atoms with Gasteiger partial charge < -0.3 is 15.2 Å². The van der Waals surface area contributed by atoms with Crippen molar-refractivity contribution in [2.45, 2.75) is 70.9 Å². The highest BCUT2D eigenvalue weighted by atomic mass is 16.6. The summed E-state index contributed by atoms with van der Waals surface area (Å²) in [5.74, 6) is -1.49. The van der Waals surface area contributed by atoms with Crippen molar-refractivity contribution in [2.24, 2.45) is 5.92 Å². The number of rotatable bonds is 3. The molecule has 110 valence electrons. The van der Waals surface area contributed by atoms with E-state index in [1.807, 2.05) is 0 Å². The van der Waals surface area contributed by atoms with Crippen molar-refractivity contribution in [3.05, 3.63) is 0 Å². The molecule has 1 unspecified atom stereocenters. The summed E-state index contributed by atoms with van der Waals surface area (Å²) < 4.78 is 5.25. The van der Waals surface area contributed by atoms with E-state index >= 15 is 0 Å². The Morgan fingerprint density at radius 3 is 2.16 bits per heavy atom. The van der Waals surface area contributed by atoms with Gasteiger partial charge >= 0.3 is 12.1 Å². The van der Waals surface area contributed by atoms with E-state index in [0.717, 1.165) is 19.3 Å². The van der Waals surface area contributed by atoms with Crippen molar-refractivity contribution in [3.63, 3.8) is 0 Å². The molecule has 0 spiro atoms. The summed E-state index contributed by atoms with van der Waals surface area (Å²) in [6.07, 6.45) is 3.83. The van der Waals surface area contributed by atoms with E-state index < -0.39 is 29.1 Å². The van der Waals surface area contributed by atoms with Crippen molar-refractivity contribution in [1.29, 1.82) is 0 Å². The summed E-state index contributed by atoms with van der Waals surface area (Å²) in [6, 6.07) is 0. The molecule has 1 atom stereocenters. The Labute approximate surface area is 114 Å². The van der Waals surface area contributed by atoms with Crippen LogP contribution >= 0.6 is 0 Å². The number of amides is 1. The van der Waals surface area contributed by atoms with Crippen LogP contribution < -0.4 is 5.32 Å². The third-order valence-corrected chi connectivity index (χ3v) is 3.69. The monoisotopic (exact) mass is 271 g/mol. The molecule has 1 fully saturated rings. The predicted molar refractivity (Wildman–Crippen MR) is 72.0 cm³/mol. The average Bonchev–Trinajstić information content (AvgIpc) is 2.26. The lowest BCUT2D eigenvalue weighted by Crippen LogP contribution is -2.57. The maximum absolute atomic E-state index is 11.9. The molecule has 0 radical (unpaired) electrons. The Morgan fingerprint density at radius 1 is 1.21 bits per heavy atom. The third-order valence-electron chi connectivity index (χ3n) is 3.69. The normalized spacial score (nSPS) is 20.4. The molecular weight excluding hydrogens is 246 g/mol. The van der Waals surface area contributed by atoms with Gasteiger partial charge in [0.25, 0.3) is 0 Å². The third kappa shape index (κ3) is 4.40. The molecule has 0 saturated heterocycles. The number of nitrogens with one attached hydrogen (secondary N) is 1. The van der Waals surface area contributed by atoms with Crippen LogP contribution in [-0.2, 0) is 9.53 Å². The summed E-state index contributed by atoms with van der Waals surface area (Å²) in [5, 5.41) is 12.1. The van der Waals surface area contributed by atoms with E-state index in [1.54, 1.807) is 27.7 Å². The minimum atomic E-state index is -0.877. The van der Waals surface area contributed by atoms with Crippen LogP contribution in [0.2, 0.25) is 0 Å². The number of hydrogen-bond donors (Lipinski definition) is 2. The van der Waals surface area contributed by atoms with Gasteiger partial charge in [-0.15, -0.1) is 0 Å². The fourth-order valence-electron chi connectivity index (χ4n) is 2.59. The molecule has 1 rings (SSSR count). The van der Waals surface area contributed by atoms with Gasteiger partial charge in [-0.3, -0.25) is 4.79 Å². The molecular formula is C14H25NO4. The van der Waals surface area contributed by atoms with Crippen LogP contribution in [0.3, 0.4) is 0 Å². The molecule has 0 aromatic carbocycles. The zero-order valence-corrected chi connectivity index (χ0v) is 12.3. The van der Waals surface area contributed by atoms with Crippen LogP contribution in [0.25, 0.3) is 0 Å². The smallest absolute Gasteiger partial charge is 0.408 e. The number of carboxylic acid groups (broad SMARTS) is 1. The molecule has 0 aromatic rings. The Bertz CT molecular complexity index is 340. The SMILES string of the molecule is CC(C(=O)O)C1(NC(=O)OC(C)(C)C)CCCCC1. The highest BCUT2D eigenvalue weighted by molar-refractivity contribution is 5.74. The van der Waals surface area contributed by atoms with Crippen LogP contribution in [0.15, 0.2) is 0 Å². The summed E-state index contributed by atoms with van der Waals surface area (Å²) in [6.45, 7) is 7.03. The Balaban J connectivity index is 2.80. The first-order valence-electron chi connectivity index (χ1n) is 6.90. The van der Waals surface area contributed by atoms with E-state index in [2.05, 4.69) is 5.32 Å². The van der Waals surface area contributed by atoms with Gasteiger partial charge in [0, 0.05) is 0 Å². The van der Waals surface area contributed by atoms with Gasteiger partial charge in [-0.2, -0.15) is 0 Å². The number of ether oxygens (including phenoxy) is 1. The molecule has 2 N–H and O–H groups in total. The Morgan fingerprint density at radius 2 is 1.74 bits per heavy atom. The van der Waals surface area contributed by atoms with Crippen LogP contribution in [0, 0.1) is 5.92 Å². The van der Waals surface area contributed by atoms with Crippen LogP contribution in [0.1, 0.15) is 59.8 Å². The molecule has 1 saturated carbocycles. The largest absolute Gasteiger partial charge is 0.481 e. The molecule has 0 bridgehead atoms. The van der Waals surface area contributed by atoms with E-state index in [4.69, 9.17) is 4.74 Å². The van der Waals surface area contributed by atoms with Crippen LogP contribution in [0.5, 0.6) is 0 Å². The van der Waals surface area contributed by atoms with Crippen molar-refractivity contribution in [3.8, 4) is 0 Å². The van der Waals surface area contributed by atoms with Crippen molar-refractivity contribution in [2.75, 3.05) is 0 Å². The zero-order valence-electron chi connectivity index (χ0n) is 12.3. The molecule has 19 heavy (non-hydrogen) atoms. The van der Waals surface area contributed by atoms with Gasteiger partial charge in [-0.25, -0.2) is 4.79 Å². The number of carbonyl (C=O) groups is 2. The van der Waals surface area contributed by atoms with Crippen molar-refractivity contribution in [1.82, 2.24) is 5.32 Å². The van der Waals surface area contributed by atoms with Gasteiger partial charge in [-0.05, 0) is 40.5 Å². The molecule has 0 heterocycles. The first-order chi connectivity index (χ1) is 8.66. The summed E-state index contributed by atoms with van der Waals surface area (Å²) in [5.41, 5.74) is -1.25. The number of hydrogen-bond acceptors (Lipinski definition) is 3. The first-order valence-corrected chi connectivity index (χ1v) is 6.90. The molecule has 1 aliphatic rings. The van der Waals surface area contributed by atoms with Crippen LogP contribution in [0.4, 0.5) is 4.79 Å². The van der Waals surface area contributed by atoms with E-state index in [0.29, 0.717) is 12.8 Å². The molecule has 5 heteroatoms. The second-order valence-electron chi connectivity index (χ2n) is 6.40. The fourth-order valence-corrected chi connectivity index (χ4v) is 2.59. The average molecular weight is 271 g/mol. The Hall–Kier alpha value is -1.26. The maximum Gasteiger partial charge on any atom is 0.408 e. The minimum absolute atomic E-state index is 0.525. The molecule has 5 nitrogen and oxygen atoms in total. The van der Waals surface area contributed by atoms with E-state index in [1.165, 1.54) is 0 Å². The van der Waals surface area contributed by atoms with Gasteiger partial charge in [-0.1, -0.05) is 19.3 Å². The topological polar surface area (TPSA) is 75.6 Å². The molecule has 1 amide bonds. The molecule has 0 aromatic heterocycles. The lowest BCUT2D eigenvalue weighted by Gasteiger charge is -2.41. The minimum Gasteiger partial charge on any atom is -0.481 e. The fraction of sp³-hybridized carbons (Fsp3) is 0.857. The first kappa shape index (κ1) is 15.8. The number of aliphatic carboxylic acids is 1. The maximum atomic E-state index is 11.9. The highest BCUT2D eigenvalue weighted by Gasteiger charge is 2.43. The van der Waals surface area contributed by atoms with Gasteiger partial charge in [0.2, 0.25) is 0 Å². The predicted octanol–water partition coefficient (Wildman–Crippen LogP) is 2.93. The van der Waals surface area contributed by atoms with Gasteiger partial charge in [0.15, 0.2) is 0 Å². The summed E-state index contributed by atoms with van der Waals surface area (Å²) >= 11 is 0. The number of carboxylic acids is 1. The van der Waals surface area contributed by atoms with Gasteiger partial charge in [0.1, 0.15) is 5.60 Å². The van der Waals surface area contributed by atoms with E-state index in [-0.39, 0.29) is 0 Å². The quantitative estimate of drug-likeness (QED) is 0.827. The Kier molecular flexibility index (Phi) is 4.82. The second kappa shape index (κ2) is 5.80. The lowest BCUT2D eigenvalue weighted by atomic mass is 9.73. The zero-order chi connectivity index (χ0) is 14.7. The second-order valence-corrected chi connectivity index (χ2v) is 6.40. The highest BCUT2D eigenvalue weighted by Crippen LogP contribution is 2.35. The standard InChI is InChI=1S/C14H25NO4/c1-10(11(16)17)14(8-6-5-7-9-14)15-12(18)19-13(2,3)4/h10H,5-9H2,1-4H3,(H,15,18)(H,16,17). The van der Waals surface area contributed by atoms with Crippen molar-refractivity contribution < 1.29 is 19.4 Å². The molecule has 0 aliphatic heterocycles. The number of carbonyl (C=O) groups excluding carboxylic acids is 1. The number of alkyl carbamates (subject to hydrolysis) is 1. The van der Waals surface area contributed by atoms with Gasteiger partial charge in [0.05, 0.1) is 11.5 Å².